The lowest BCUT2D eigenvalue weighted by Crippen LogP contribution is -2.27. The van der Waals surface area contributed by atoms with Gasteiger partial charge in [0.15, 0.2) is 0 Å². The number of hydrogen-bond acceptors (Lipinski definition) is 3. The van der Waals surface area contributed by atoms with Gasteiger partial charge in [0.2, 0.25) is 0 Å². The number of aliphatic hydroxyl groups excluding tert-OH is 1. The molecule has 0 aliphatic heterocycles. The predicted octanol–water partition coefficient (Wildman–Crippen LogP) is 0.363. The van der Waals surface area contributed by atoms with Gasteiger partial charge in [-0.05, 0) is 6.08 Å². The first-order chi connectivity index (χ1) is 6.29. The van der Waals surface area contributed by atoms with Crippen molar-refractivity contribution in [3.8, 4) is 0 Å². The summed E-state index contributed by atoms with van der Waals surface area (Å²) in [4.78, 5) is 10.4. The van der Waals surface area contributed by atoms with Gasteiger partial charge in [0.05, 0.1) is 0 Å². The number of halogens is 3. The lowest BCUT2D eigenvalue weighted by Gasteiger charge is -2.07. The van der Waals surface area contributed by atoms with E-state index in [1.54, 1.807) is 0 Å². The van der Waals surface area contributed by atoms with Crippen LogP contribution in [0.3, 0.4) is 0 Å². The van der Waals surface area contributed by atoms with Gasteiger partial charge in [-0.3, -0.25) is 4.79 Å². The highest BCUT2D eigenvalue weighted by molar-refractivity contribution is 6.03. The van der Waals surface area contributed by atoms with Crippen LogP contribution in [0.25, 0.3) is 0 Å². The predicted molar refractivity (Wildman–Crippen MR) is 42.8 cm³/mol. The van der Waals surface area contributed by atoms with Crippen LogP contribution in [0.5, 0.6) is 0 Å². The van der Waals surface area contributed by atoms with Crippen LogP contribution >= 0.6 is 0 Å². The third-order valence-electron chi connectivity index (χ3n) is 1.27. The van der Waals surface area contributed by atoms with Crippen molar-refractivity contribution in [1.82, 2.24) is 0 Å². The zero-order valence-corrected chi connectivity index (χ0v) is 7.06. The van der Waals surface area contributed by atoms with Crippen molar-refractivity contribution in [1.29, 1.82) is 5.41 Å². The van der Waals surface area contributed by atoms with Crippen molar-refractivity contribution in [3.63, 3.8) is 0 Å². The Kier molecular flexibility index (Phi) is 4.29. The molecule has 4 nitrogen and oxygen atoms in total. The van der Waals surface area contributed by atoms with Crippen molar-refractivity contribution in [2.24, 2.45) is 5.73 Å². The van der Waals surface area contributed by atoms with Crippen LogP contribution in [0.4, 0.5) is 13.2 Å². The average molecular weight is 210 g/mol. The van der Waals surface area contributed by atoms with Gasteiger partial charge in [-0.2, -0.15) is 13.2 Å². The van der Waals surface area contributed by atoms with E-state index in [0.717, 1.165) is 0 Å². The summed E-state index contributed by atoms with van der Waals surface area (Å²) >= 11 is 0. The summed E-state index contributed by atoms with van der Waals surface area (Å²) in [5, 5.41) is 15.3. The summed E-state index contributed by atoms with van der Waals surface area (Å²) in [6.45, 7) is -0.459. The first kappa shape index (κ1) is 12.6. The fraction of sp³-hybridized carbons (Fsp3) is 0.429. The lowest BCUT2D eigenvalue weighted by atomic mass is 10.1. The molecule has 7 heteroatoms. The molecular formula is C7H9F3N2O2. The monoisotopic (exact) mass is 210 g/mol. The molecule has 0 aromatic carbocycles. The van der Waals surface area contributed by atoms with Crippen LogP contribution in [0.2, 0.25) is 0 Å². The molecule has 0 saturated carbocycles. The normalized spacial score (nSPS) is 12.7. The van der Waals surface area contributed by atoms with Gasteiger partial charge in [0.25, 0.3) is 5.91 Å². The van der Waals surface area contributed by atoms with Crippen molar-refractivity contribution in [2.45, 2.75) is 12.6 Å². The first-order valence-corrected chi connectivity index (χ1v) is 3.56. The molecule has 1 amide bonds. The molecule has 0 fully saturated rings. The van der Waals surface area contributed by atoms with Gasteiger partial charge in [-0.15, -0.1) is 0 Å². The third-order valence-corrected chi connectivity index (χ3v) is 1.27. The molecule has 0 saturated heterocycles. The molecule has 4 N–H and O–H groups in total. The lowest BCUT2D eigenvalue weighted by molar-refractivity contribution is -0.127. The Balaban J connectivity index is 4.84. The van der Waals surface area contributed by atoms with Crippen LogP contribution in [0.1, 0.15) is 6.42 Å². The fourth-order valence-corrected chi connectivity index (χ4v) is 0.660. The van der Waals surface area contributed by atoms with Crippen LogP contribution in [-0.4, -0.2) is 29.5 Å². The second-order valence-corrected chi connectivity index (χ2v) is 2.42. The SMILES string of the molecule is N=C(/C=C(\C(N)=O)C(F)(F)F)CCO. The van der Waals surface area contributed by atoms with Crippen LogP contribution in [-0.2, 0) is 4.79 Å². The second-order valence-electron chi connectivity index (χ2n) is 2.42. The number of rotatable bonds is 4. The Hall–Kier alpha value is -1.37. The maximum absolute atomic E-state index is 12.0. The number of hydrogen-bond donors (Lipinski definition) is 3. The van der Waals surface area contributed by atoms with E-state index < -0.39 is 30.0 Å². The van der Waals surface area contributed by atoms with Gasteiger partial charge in [-0.1, -0.05) is 0 Å². The largest absolute Gasteiger partial charge is 0.421 e. The summed E-state index contributed by atoms with van der Waals surface area (Å²) in [7, 11) is 0. The molecule has 0 aliphatic rings. The van der Waals surface area contributed by atoms with Crippen molar-refractivity contribution < 1.29 is 23.1 Å². The van der Waals surface area contributed by atoms with Crippen LogP contribution in [0, 0.1) is 5.41 Å². The number of nitrogens with two attached hydrogens (primary N) is 1. The number of nitrogens with one attached hydrogen (secondary N) is 1. The zero-order chi connectivity index (χ0) is 11.4. The second kappa shape index (κ2) is 4.75. The van der Waals surface area contributed by atoms with Crippen LogP contribution < -0.4 is 5.73 Å². The molecule has 0 unspecified atom stereocenters. The fourth-order valence-electron chi connectivity index (χ4n) is 0.660. The minimum Gasteiger partial charge on any atom is -0.396 e. The van der Waals surface area contributed by atoms with E-state index in [1.165, 1.54) is 0 Å². The highest BCUT2D eigenvalue weighted by atomic mass is 19.4. The molecule has 0 aromatic rings. The average Bonchev–Trinajstić information content (AvgIpc) is 1.98. The molecule has 0 heterocycles. The topological polar surface area (TPSA) is 87.2 Å². The third kappa shape index (κ3) is 4.04. The number of primary amides is 1. The molecule has 80 valence electrons. The molecule has 0 aliphatic carbocycles. The van der Waals surface area contributed by atoms with E-state index in [4.69, 9.17) is 10.5 Å². The summed E-state index contributed by atoms with van der Waals surface area (Å²) in [6.07, 6.45) is -4.81. The summed E-state index contributed by atoms with van der Waals surface area (Å²) < 4.78 is 36.1. The Bertz CT molecular complexity index is 271. The maximum Gasteiger partial charge on any atom is 0.421 e. The molecule has 0 rings (SSSR count). The smallest absolute Gasteiger partial charge is 0.396 e. The van der Waals surface area contributed by atoms with E-state index in [-0.39, 0.29) is 6.42 Å². The molecule has 0 atom stereocenters. The number of carbonyl (C=O) groups is 1. The maximum atomic E-state index is 12.0. The van der Waals surface area contributed by atoms with Crippen molar-refractivity contribution in [3.05, 3.63) is 11.6 Å². The molecule has 0 aromatic heterocycles. The van der Waals surface area contributed by atoms with E-state index in [1.807, 2.05) is 0 Å². The number of allylic oxidation sites excluding steroid dienone is 1. The Morgan fingerprint density at radius 1 is 1.50 bits per heavy atom. The zero-order valence-electron chi connectivity index (χ0n) is 7.06. The van der Waals surface area contributed by atoms with E-state index in [2.05, 4.69) is 5.73 Å². The highest BCUT2D eigenvalue weighted by Crippen LogP contribution is 2.25. The Morgan fingerprint density at radius 2 is 2.00 bits per heavy atom. The minimum absolute atomic E-state index is 0.257. The number of amides is 1. The van der Waals surface area contributed by atoms with E-state index in [9.17, 15) is 18.0 Å². The minimum atomic E-state index is -4.87. The molecule has 0 radical (unpaired) electrons. The van der Waals surface area contributed by atoms with Crippen molar-refractivity contribution >= 4 is 11.6 Å². The molecule has 14 heavy (non-hydrogen) atoms. The van der Waals surface area contributed by atoms with E-state index in [0.29, 0.717) is 6.08 Å². The highest BCUT2D eigenvalue weighted by Gasteiger charge is 2.37. The van der Waals surface area contributed by atoms with Gasteiger partial charge >= 0.3 is 6.18 Å². The standard InChI is InChI=1S/C7H9F3N2O2/c8-7(9,10)5(6(12)14)3-4(11)1-2-13/h3,11,13H,1-2H2,(H2,12,14)/b5-3+,11-4?. The number of carbonyl (C=O) groups excluding carboxylic acids is 1. The summed E-state index contributed by atoms with van der Waals surface area (Å²) in [5.74, 6) is -1.64. The Labute approximate surface area is 77.7 Å². The van der Waals surface area contributed by atoms with Gasteiger partial charge < -0.3 is 16.2 Å². The number of aliphatic hydroxyl groups is 1. The van der Waals surface area contributed by atoms with Crippen molar-refractivity contribution in [2.75, 3.05) is 6.61 Å². The summed E-state index contributed by atoms with van der Waals surface area (Å²) in [6, 6.07) is 0. The van der Waals surface area contributed by atoms with Gasteiger partial charge in [0.1, 0.15) is 5.57 Å². The Morgan fingerprint density at radius 3 is 2.29 bits per heavy atom. The molecule has 0 spiro atoms. The van der Waals surface area contributed by atoms with E-state index >= 15 is 0 Å². The first-order valence-electron chi connectivity index (χ1n) is 3.56. The summed E-state index contributed by atoms with van der Waals surface area (Å²) in [5.41, 5.74) is 2.39. The van der Waals surface area contributed by atoms with Crippen LogP contribution in [0.15, 0.2) is 11.6 Å². The quantitative estimate of drug-likeness (QED) is 0.462. The van der Waals surface area contributed by atoms with Gasteiger partial charge in [-0.25, -0.2) is 0 Å². The molecule has 0 bridgehead atoms. The molecular weight excluding hydrogens is 201 g/mol. The number of alkyl halides is 3. The van der Waals surface area contributed by atoms with Gasteiger partial charge in [0, 0.05) is 18.7 Å².